The largest absolute Gasteiger partial charge is 0.455 e. The Labute approximate surface area is 138 Å². The summed E-state index contributed by atoms with van der Waals surface area (Å²) in [6.07, 6.45) is 4.11. The van der Waals surface area contributed by atoms with E-state index >= 15 is 0 Å². The molecule has 0 aromatic heterocycles. The minimum Gasteiger partial charge on any atom is -0.455 e. The molecule has 3 atom stereocenters. The molecule has 0 heterocycles. The van der Waals surface area contributed by atoms with Crippen LogP contribution in [0.1, 0.15) is 66.2 Å². The topological polar surface area (TPSA) is 66.8 Å². The summed E-state index contributed by atoms with van der Waals surface area (Å²) in [5, 5.41) is 22.0. The molecule has 4 fully saturated rings. The summed E-state index contributed by atoms with van der Waals surface area (Å²) in [6.45, 7) is 11.4. The zero-order valence-electron chi connectivity index (χ0n) is 14.8. The molecule has 4 saturated carbocycles. The van der Waals surface area contributed by atoms with Gasteiger partial charge in [-0.3, -0.25) is 0 Å². The number of ether oxygens (including phenoxy) is 1. The van der Waals surface area contributed by atoms with Crippen LogP contribution < -0.4 is 0 Å². The molecule has 0 saturated heterocycles. The molecule has 4 nitrogen and oxygen atoms in total. The van der Waals surface area contributed by atoms with E-state index in [1.807, 2.05) is 6.92 Å². The van der Waals surface area contributed by atoms with Crippen LogP contribution >= 0.6 is 0 Å². The highest BCUT2D eigenvalue weighted by Gasteiger charge is 2.69. The lowest BCUT2D eigenvalue weighted by molar-refractivity contribution is -0.282. The molecule has 0 aliphatic heterocycles. The van der Waals surface area contributed by atoms with Gasteiger partial charge in [0, 0.05) is 17.4 Å². The first-order valence-corrected chi connectivity index (χ1v) is 8.76. The zero-order valence-corrected chi connectivity index (χ0v) is 14.8. The van der Waals surface area contributed by atoms with Gasteiger partial charge in [0.15, 0.2) is 0 Å². The van der Waals surface area contributed by atoms with Gasteiger partial charge in [0.1, 0.15) is 5.60 Å². The van der Waals surface area contributed by atoms with Crippen molar-refractivity contribution in [1.82, 2.24) is 0 Å². The predicted octanol–water partition coefficient (Wildman–Crippen LogP) is 2.97. The molecule has 0 aromatic rings. The van der Waals surface area contributed by atoms with E-state index in [1.165, 1.54) is 0 Å². The summed E-state index contributed by atoms with van der Waals surface area (Å²) in [7, 11) is 0. The summed E-state index contributed by atoms with van der Waals surface area (Å²) in [6, 6.07) is 0. The van der Waals surface area contributed by atoms with Crippen LogP contribution in [0.2, 0.25) is 0 Å². The number of carbonyl (C=O) groups excluding carboxylic acids is 1. The molecule has 0 radical (unpaired) electrons. The second-order valence-corrected chi connectivity index (χ2v) is 9.17. The number of rotatable bonds is 4. The molecule has 4 heteroatoms. The predicted molar refractivity (Wildman–Crippen MR) is 87.7 cm³/mol. The standard InChI is InChI=1S/C19H30O4/c1-12(2)15(20)23-16(5,13(3)4)17-6-14-7-18(21,9-17)11-19(22,8-14)10-17/h13-14,21-22H,1,6-11H2,2-5H3. The molecule has 3 unspecified atom stereocenters. The van der Waals surface area contributed by atoms with E-state index in [1.54, 1.807) is 6.92 Å². The highest BCUT2D eigenvalue weighted by Crippen LogP contribution is 2.68. The van der Waals surface area contributed by atoms with Crippen LogP contribution in [0.15, 0.2) is 12.2 Å². The highest BCUT2D eigenvalue weighted by molar-refractivity contribution is 5.87. The first-order valence-electron chi connectivity index (χ1n) is 8.76. The summed E-state index contributed by atoms with van der Waals surface area (Å²) in [5.74, 6) is 0.0213. The Morgan fingerprint density at radius 2 is 1.70 bits per heavy atom. The maximum absolute atomic E-state index is 12.3. The lowest BCUT2D eigenvalue weighted by atomic mass is 9.41. The van der Waals surface area contributed by atoms with Crippen LogP contribution in [-0.2, 0) is 9.53 Å². The van der Waals surface area contributed by atoms with E-state index in [2.05, 4.69) is 20.4 Å². The van der Waals surface area contributed by atoms with E-state index in [0.29, 0.717) is 30.8 Å². The van der Waals surface area contributed by atoms with Gasteiger partial charge in [0.05, 0.1) is 11.2 Å². The van der Waals surface area contributed by atoms with Gasteiger partial charge in [-0.1, -0.05) is 20.4 Å². The van der Waals surface area contributed by atoms with E-state index in [-0.39, 0.29) is 17.3 Å². The quantitative estimate of drug-likeness (QED) is 0.617. The van der Waals surface area contributed by atoms with Gasteiger partial charge in [-0.2, -0.15) is 0 Å². The lowest BCUT2D eigenvalue weighted by Gasteiger charge is -2.67. The molecule has 23 heavy (non-hydrogen) atoms. The van der Waals surface area contributed by atoms with Crippen LogP contribution in [-0.4, -0.2) is 33.0 Å². The van der Waals surface area contributed by atoms with E-state index in [4.69, 9.17) is 4.74 Å². The summed E-state index contributed by atoms with van der Waals surface area (Å²) in [4.78, 5) is 12.3. The molecule has 130 valence electrons. The van der Waals surface area contributed by atoms with Crippen molar-refractivity contribution in [2.75, 3.05) is 0 Å². The Kier molecular flexibility index (Phi) is 3.56. The smallest absolute Gasteiger partial charge is 0.333 e. The van der Waals surface area contributed by atoms with E-state index in [0.717, 1.165) is 19.3 Å². The van der Waals surface area contributed by atoms with Crippen LogP contribution in [0.3, 0.4) is 0 Å². The molecule has 0 spiro atoms. The average Bonchev–Trinajstić information content (AvgIpc) is 2.33. The number of hydrogen-bond donors (Lipinski definition) is 2. The normalized spacial score (nSPS) is 44.2. The molecule has 4 bridgehead atoms. The number of aliphatic hydroxyl groups is 2. The summed E-state index contributed by atoms with van der Waals surface area (Å²) in [5.41, 5.74) is -2.33. The molecule has 2 N–H and O–H groups in total. The second kappa shape index (κ2) is 4.82. The first kappa shape index (κ1) is 17.0. The molecular formula is C19H30O4. The Bertz CT molecular complexity index is 534. The van der Waals surface area contributed by atoms with Crippen molar-refractivity contribution in [2.24, 2.45) is 17.3 Å². The maximum atomic E-state index is 12.3. The third-order valence-corrected chi connectivity index (χ3v) is 6.82. The molecule has 0 amide bonds. The Morgan fingerprint density at radius 1 is 1.17 bits per heavy atom. The fraction of sp³-hybridized carbons (Fsp3) is 0.842. The Morgan fingerprint density at radius 3 is 2.09 bits per heavy atom. The van der Waals surface area contributed by atoms with Crippen molar-refractivity contribution >= 4 is 5.97 Å². The van der Waals surface area contributed by atoms with Crippen LogP contribution in [0.25, 0.3) is 0 Å². The number of esters is 1. The molecular weight excluding hydrogens is 292 g/mol. The Balaban J connectivity index is 2.02. The average molecular weight is 322 g/mol. The number of hydrogen-bond acceptors (Lipinski definition) is 4. The summed E-state index contributed by atoms with van der Waals surface area (Å²) < 4.78 is 5.97. The molecule has 4 aliphatic carbocycles. The monoisotopic (exact) mass is 322 g/mol. The third-order valence-electron chi connectivity index (χ3n) is 6.82. The van der Waals surface area contributed by atoms with Crippen LogP contribution in [0, 0.1) is 17.3 Å². The van der Waals surface area contributed by atoms with Crippen molar-refractivity contribution in [3.05, 3.63) is 12.2 Å². The third kappa shape index (κ3) is 2.45. The van der Waals surface area contributed by atoms with Crippen molar-refractivity contribution in [1.29, 1.82) is 0 Å². The Hall–Kier alpha value is -0.870. The van der Waals surface area contributed by atoms with Gasteiger partial charge in [0.2, 0.25) is 0 Å². The minimum absolute atomic E-state index is 0.0919. The van der Waals surface area contributed by atoms with Gasteiger partial charge in [0.25, 0.3) is 0 Å². The van der Waals surface area contributed by atoms with Crippen LogP contribution in [0.4, 0.5) is 0 Å². The summed E-state index contributed by atoms with van der Waals surface area (Å²) >= 11 is 0. The highest BCUT2D eigenvalue weighted by atomic mass is 16.6. The van der Waals surface area contributed by atoms with Crippen molar-refractivity contribution < 1.29 is 19.7 Å². The van der Waals surface area contributed by atoms with Gasteiger partial charge in [-0.05, 0) is 57.8 Å². The lowest BCUT2D eigenvalue weighted by Crippen LogP contribution is -2.70. The van der Waals surface area contributed by atoms with E-state index in [9.17, 15) is 15.0 Å². The minimum atomic E-state index is -0.819. The van der Waals surface area contributed by atoms with Gasteiger partial charge < -0.3 is 14.9 Å². The SMILES string of the molecule is C=C(C)C(=O)OC(C)(C(C)C)C12CC3CC(O)(CC(O)(C3)C1)C2. The van der Waals surface area contributed by atoms with Gasteiger partial charge >= 0.3 is 5.97 Å². The zero-order chi connectivity index (χ0) is 17.3. The fourth-order valence-corrected chi connectivity index (χ4v) is 6.01. The van der Waals surface area contributed by atoms with Crippen LogP contribution in [0.5, 0.6) is 0 Å². The van der Waals surface area contributed by atoms with Crippen molar-refractivity contribution in [3.63, 3.8) is 0 Å². The molecule has 4 aliphatic rings. The first-order chi connectivity index (χ1) is 10.4. The van der Waals surface area contributed by atoms with Gasteiger partial charge in [-0.25, -0.2) is 4.79 Å². The van der Waals surface area contributed by atoms with Crippen molar-refractivity contribution in [3.8, 4) is 0 Å². The fourth-order valence-electron chi connectivity index (χ4n) is 6.01. The second-order valence-electron chi connectivity index (χ2n) is 9.17. The molecule has 0 aromatic carbocycles. The van der Waals surface area contributed by atoms with E-state index < -0.39 is 16.8 Å². The van der Waals surface area contributed by atoms with Gasteiger partial charge in [-0.15, -0.1) is 0 Å². The molecule has 4 rings (SSSR count). The number of carbonyl (C=O) groups is 1. The van der Waals surface area contributed by atoms with Crippen molar-refractivity contribution in [2.45, 2.75) is 83.0 Å². The maximum Gasteiger partial charge on any atom is 0.333 e.